The van der Waals surface area contributed by atoms with Crippen molar-refractivity contribution in [2.24, 2.45) is 0 Å². The first kappa shape index (κ1) is 17.7. The van der Waals surface area contributed by atoms with Crippen molar-refractivity contribution in [3.63, 3.8) is 0 Å². The van der Waals surface area contributed by atoms with Crippen molar-refractivity contribution in [3.8, 4) is 0 Å². The van der Waals surface area contributed by atoms with Gasteiger partial charge in [-0.15, -0.1) is 0 Å². The van der Waals surface area contributed by atoms with Gasteiger partial charge in [0.2, 0.25) is 5.91 Å². The summed E-state index contributed by atoms with van der Waals surface area (Å²) in [6.45, 7) is 3.64. The summed E-state index contributed by atoms with van der Waals surface area (Å²) >= 11 is 0. The predicted octanol–water partition coefficient (Wildman–Crippen LogP) is 2.08. The number of hydrogen-bond donors (Lipinski definition) is 2. The van der Waals surface area contributed by atoms with Gasteiger partial charge in [-0.3, -0.25) is 14.5 Å². The van der Waals surface area contributed by atoms with Crippen LogP contribution in [0.1, 0.15) is 23.6 Å². The van der Waals surface area contributed by atoms with E-state index in [1.54, 1.807) is 6.92 Å². The SMILES string of the molecule is Cc1ccc([C@]2(C)NC(=O)N(CC(=O)NCc3ccccc3)C2=O)cc1. The molecular weight excluding hydrogens is 330 g/mol. The maximum absolute atomic E-state index is 12.8. The fourth-order valence-corrected chi connectivity index (χ4v) is 2.92. The van der Waals surface area contributed by atoms with Crippen LogP contribution in [0.2, 0.25) is 0 Å². The second-order valence-electron chi connectivity index (χ2n) is 6.57. The molecule has 6 nitrogen and oxygen atoms in total. The number of imide groups is 1. The van der Waals surface area contributed by atoms with Crippen LogP contribution in [0.15, 0.2) is 54.6 Å². The monoisotopic (exact) mass is 351 g/mol. The first-order valence-electron chi connectivity index (χ1n) is 8.42. The molecule has 6 heteroatoms. The lowest BCUT2D eigenvalue weighted by Crippen LogP contribution is -2.43. The van der Waals surface area contributed by atoms with E-state index in [-0.39, 0.29) is 12.5 Å². The molecule has 1 aliphatic heterocycles. The van der Waals surface area contributed by atoms with E-state index in [0.29, 0.717) is 12.1 Å². The Hall–Kier alpha value is -3.15. The smallest absolute Gasteiger partial charge is 0.325 e. The Morgan fingerprint density at radius 1 is 1.08 bits per heavy atom. The van der Waals surface area contributed by atoms with Gasteiger partial charge in [0.25, 0.3) is 5.91 Å². The van der Waals surface area contributed by atoms with E-state index in [1.807, 2.05) is 61.5 Å². The number of urea groups is 1. The van der Waals surface area contributed by atoms with Gasteiger partial charge in [-0.2, -0.15) is 0 Å². The maximum Gasteiger partial charge on any atom is 0.325 e. The van der Waals surface area contributed by atoms with Crippen LogP contribution in [-0.2, 0) is 21.7 Å². The van der Waals surface area contributed by atoms with Gasteiger partial charge < -0.3 is 10.6 Å². The van der Waals surface area contributed by atoms with Crippen LogP contribution in [0.25, 0.3) is 0 Å². The summed E-state index contributed by atoms with van der Waals surface area (Å²) in [5, 5.41) is 5.43. The molecule has 2 aromatic carbocycles. The summed E-state index contributed by atoms with van der Waals surface area (Å²) in [4.78, 5) is 38.2. The highest BCUT2D eigenvalue weighted by Gasteiger charge is 2.49. The molecule has 0 aliphatic carbocycles. The van der Waals surface area contributed by atoms with E-state index < -0.39 is 17.5 Å². The lowest BCUT2D eigenvalue weighted by Gasteiger charge is -2.22. The second kappa shape index (κ2) is 7.00. The summed E-state index contributed by atoms with van der Waals surface area (Å²) in [5.41, 5.74) is 1.53. The summed E-state index contributed by atoms with van der Waals surface area (Å²) in [6, 6.07) is 16.3. The zero-order valence-electron chi connectivity index (χ0n) is 14.8. The third kappa shape index (κ3) is 3.44. The minimum Gasteiger partial charge on any atom is -0.350 e. The first-order chi connectivity index (χ1) is 12.4. The van der Waals surface area contributed by atoms with E-state index in [0.717, 1.165) is 16.0 Å². The molecule has 0 bridgehead atoms. The van der Waals surface area contributed by atoms with E-state index in [4.69, 9.17) is 0 Å². The number of aryl methyl sites for hydroxylation is 1. The predicted molar refractivity (Wildman–Crippen MR) is 97.1 cm³/mol. The molecule has 4 amide bonds. The Morgan fingerprint density at radius 3 is 2.38 bits per heavy atom. The van der Waals surface area contributed by atoms with Crippen molar-refractivity contribution in [1.82, 2.24) is 15.5 Å². The molecule has 1 atom stereocenters. The quantitative estimate of drug-likeness (QED) is 0.810. The van der Waals surface area contributed by atoms with Gasteiger partial charge in [-0.05, 0) is 25.0 Å². The van der Waals surface area contributed by atoms with E-state index in [9.17, 15) is 14.4 Å². The van der Waals surface area contributed by atoms with E-state index in [1.165, 1.54) is 0 Å². The third-order valence-corrected chi connectivity index (χ3v) is 4.54. The third-order valence-electron chi connectivity index (χ3n) is 4.54. The average Bonchev–Trinajstić information content (AvgIpc) is 2.85. The molecule has 1 aliphatic rings. The molecule has 2 aromatic rings. The first-order valence-corrected chi connectivity index (χ1v) is 8.42. The molecule has 1 heterocycles. The number of amides is 4. The Labute approximate surface area is 152 Å². The minimum atomic E-state index is -1.16. The van der Waals surface area contributed by atoms with Crippen molar-refractivity contribution >= 4 is 17.8 Å². The van der Waals surface area contributed by atoms with Crippen LogP contribution in [0, 0.1) is 6.92 Å². The highest BCUT2D eigenvalue weighted by atomic mass is 16.2. The number of benzene rings is 2. The molecule has 0 radical (unpaired) electrons. The lowest BCUT2D eigenvalue weighted by molar-refractivity contribution is -0.134. The van der Waals surface area contributed by atoms with Crippen molar-refractivity contribution in [2.75, 3.05) is 6.54 Å². The minimum absolute atomic E-state index is 0.307. The van der Waals surface area contributed by atoms with Gasteiger partial charge in [0, 0.05) is 6.54 Å². The highest BCUT2D eigenvalue weighted by molar-refractivity contribution is 6.09. The van der Waals surface area contributed by atoms with Crippen molar-refractivity contribution in [2.45, 2.75) is 25.9 Å². The fourth-order valence-electron chi connectivity index (χ4n) is 2.92. The molecule has 0 saturated carbocycles. The van der Waals surface area contributed by atoms with Crippen LogP contribution in [0.3, 0.4) is 0 Å². The largest absolute Gasteiger partial charge is 0.350 e. The van der Waals surface area contributed by atoms with Gasteiger partial charge in [0.1, 0.15) is 12.1 Å². The molecule has 0 spiro atoms. The Kier molecular flexibility index (Phi) is 4.75. The number of hydrogen-bond acceptors (Lipinski definition) is 3. The molecule has 1 saturated heterocycles. The summed E-state index contributed by atoms with van der Waals surface area (Å²) < 4.78 is 0. The molecule has 26 heavy (non-hydrogen) atoms. The van der Waals surface area contributed by atoms with E-state index in [2.05, 4.69) is 10.6 Å². The molecule has 2 N–H and O–H groups in total. The van der Waals surface area contributed by atoms with Crippen molar-refractivity contribution in [1.29, 1.82) is 0 Å². The number of rotatable bonds is 5. The van der Waals surface area contributed by atoms with Crippen LogP contribution in [0.5, 0.6) is 0 Å². The summed E-state index contributed by atoms with van der Waals surface area (Å²) in [7, 11) is 0. The lowest BCUT2D eigenvalue weighted by atomic mass is 9.91. The molecule has 3 rings (SSSR count). The second-order valence-corrected chi connectivity index (χ2v) is 6.57. The van der Waals surface area contributed by atoms with Gasteiger partial charge in [0.15, 0.2) is 0 Å². The van der Waals surface area contributed by atoms with Crippen LogP contribution < -0.4 is 10.6 Å². The van der Waals surface area contributed by atoms with Crippen molar-refractivity contribution in [3.05, 3.63) is 71.3 Å². The zero-order valence-corrected chi connectivity index (χ0v) is 14.8. The summed E-state index contributed by atoms with van der Waals surface area (Å²) in [6.07, 6.45) is 0. The van der Waals surface area contributed by atoms with Gasteiger partial charge in [-0.25, -0.2) is 4.79 Å². The number of carbonyl (C=O) groups is 3. The molecule has 0 aromatic heterocycles. The number of carbonyl (C=O) groups excluding carboxylic acids is 3. The van der Waals surface area contributed by atoms with Crippen LogP contribution >= 0.6 is 0 Å². The zero-order chi connectivity index (χ0) is 18.7. The molecule has 1 fully saturated rings. The Balaban J connectivity index is 1.67. The normalized spacial score (nSPS) is 19.4. The summed E-state index contributed by atoms with van der Waals surface area (Å²) in [5.74, 6) is -0.813. The topological polar surface area (TPSA) is 78.5 Å². The number of nitrogens with zero attached hydrogens (tertiary/aromatic N) is 1. The van der Waals surface area contributed by atoms with Gasteiger partial charge in [-0.1, -0.05) is 60.2 Å². The van der Waals surface area contributed by atoms with Gasteiger partial charge in [0.05, 0.1) is 0 Å². The Morgan fingerprint density at radius 2 is 1.73 bits per heavy atom. The van der Waals surface area contributed by atoms with Crippen LogP contribution in [-0.4, -0.2) is 29.3 Å². The van der Waals surface area contributed by atoms with Crippen molar-refractivity contribution < 1.29 is 14.4 Å². The highest BCUT2D eigenvalue weighted by Crippen LogP contribution is 2.28. The standard InChI is InChI=1S/C20H21N3O3/c1-14-8-10-16(11-9-14)20(2)18(25)23(19(26)22-20)13-17(24)21-12-15-6-4-3-5-7-15/h3-11H,12-13H2,1-2H3,(H,21,24)(H,22,26)/t20-/m0/s1. The van der Waals surface area contributed by atoms with E-state index >= 15 is 0 Å². The number of nitrogens with one attached hydrogen (secondary N) is 2. The van der Waals surface area contributed by atoms with Crippen LogP contribution in [0.4, 0.5) is 4.79 Å². The fraction of sp³-hybridized carbons (Fsp3) is 0.250. The Bertz CT molecular complexity index is 833. The van der Waals surface area contributed by atoms with Gasteiger partial charge >= 0.3 is 6.03 Å². The average molecular weight is 351 g/mol. The molecule has 134 valence electrons. The molecular formula is C20H21N3O3. The molecule has 0 unspecified atom stereocenters. The maximum atomic E-state index is 12.8.